The van der Waals surface area contributed by atoms with Crippen LogP contribution in [-0.4, -0.2) is 20.8 Å². The summed E-state index contributed by atoms with van der Waals surface area (Å²) in [5, 5.41) is 10.1. The molecular weight excluding hydrogens is 340 g/mol. The Morgan fingerprint density at radius 3 is 2.38 bits per heavy atom. The highest BCUT2D eigenvalue weighted by molar-refractivity contribution is 7.89. The molecule has 0 bridgehead atoms. The van der Waals surface area contributed by atoms with Crippen LogP contribution in [0.15, 0.2) is 70.5 Å². The zero-order valence-electron chi connectivity index (χ0n) is 14.0. The van der Waals surface area contributed by atoms with Crippen molar-refractivity contribution in [1.29, 1.82) is 0 Å². The molecule has 1 N–H and O–H groups in total. The first-order valence-corrected chi connectivity index (χ1v) is 9.66. The van der Waals surface area contributed by atoms with E-state index in [4.69, 9.17) is 11.6 Å². The van der Waals surface area contributed by atoms with Crippen molar-refractivity contribution in [3.8, 4) is 0 Å². The van der Waals surface area contributed by atoms with Crippen molar-refractivity contribution in [3.63, 3.8) is 0 Å². The highest BCUT2D eigenvalue weighted by Gasteiger charge is 2.25. The Morgan fingerprint density at radius 2 is 1.79 bits per heavy atom. The SMILES string of the molecule is CC/C=C(\[C@@H](O)[C@@H](Cl)Cc1ccccc1)S(=O)c1ccc(C)cc1. The Balaban J connectivity index is 2.18. The average molecular weight is 363 g/mol. The van der Waals surface area contributed by atoms with Crippen molar-refractivity contribution in [2.75, 3.05) is 0 Å². The van der Waals surface area contributed by atoms with E-state index in [0.717, 1.165) is 11.1 Å². The van der Waals surface area contributed by atoms with Crippen LogP contribution in [0.3, 0.4) is 0 Å². The summed E-state index contributed by atoms with van der Waals surface area (Å²) in [5.41, 5.74) is 2.16. The molecule has 0 saturated carbocycles. The summed E-state index contributed by atoms with van der Waals surface area (Å²) in [5.74, 6) is 0. The van der Waals surface area contributed by atoms with Crippen molar-refractivity contribution in [1.82, 2.24) is 0 Å². The van der Waals surface area contributed by atoms with Crippen LogP contribution in [0.4, 0.5) is 0 Å². The lowest BCUT2D eigenvalue weighted by Gasteiger charge is -2.20. The van der Waals surface area contributed by atoms with E-state index in [-0.39, 0.29) is 0 Å². The molecule has 24 heavy (non-hydrogen) atoms. The lowest BCUT2D eigenvalue weighted by atomic mass is 10.1. The third-order valence-corrected chi connectivity index (χ3v) is 5.69. The van der Waals surface area contributed by atoms with Crippen molar-refractivity contribution >= 4 is 22.4 Å². The molecule has 0 spiro atoms. The van der Waals surface area contributed by atoms with E-state index >= 15 is 0 Å². The van der Waals surface area contributed by atoms with Crippen molar-refractivity contribution in [2.24, 2.45) is 0 Å². The molecule has 4 heteroatoms. The summed E-state index contributed by atoms with van der Waals surface area (Å²) in [4.78, 5) is 1.17. The number of hydrogen-bond acceptors (Lipinski definition) is 2. The third-order valence-electron chi connectivity index (χ3n) is 3.76. The topological polar surface area (TPSA) is 37.3 Å². The van der Waals surface area contributed by atoms with Crippen LogP contribution in [-0.2, 0) is 17.2 Å². The van der Waals surface area contributed by atoms with E-state index in [9.17, 15) is 9.32 Å². The molecule has 0 saturated heterocycles. The van der Waals surface area contributed by atoms with Gasteiger partial charge < -0.3 is 5.11 Å². The van der Waals surface area contributed by atoms with Crippen LogP contribution >= 0.6 is 11.6 Å². The smallest absolute Gasteiger partial charge is 0.104 e. The number of rotatable bonds is 7. The second-order valence-electron chi connectivity index (χ2n) is 5.75. The Bertz CT molecular complexity index is 695. The van der Waals surface area contributed by atoms with Crippen molar-refractivity contribution < 1.29 is 9.32 Å². The van der Waals surface area contributed by atoms with Gasteiger partial charge in [0.05, 0.1) is 16.2 Å². The van der Waals surface area contributed by atoms with Gasteiger partial charge in [-0.3, -0.25) is 0 Å². The Hall–Kier alpha value is -1.42. The van der Waals surface area contributed by atoms with Crippen LogP contribution in [0.25, 0.3) is 0 Å². The molecule has 0 heterocycles. The molecule has 2 aromatic carbocycles. The summed E-state index contributed by atoms with van der Waals surface area (Å²) >= 11 is 6.43. The first-order chi connectivity index (χ1) is 11.5. The molecule has 0 aromatic heterocycles. The first-order valence-electron chi connectivity index (χ1n) is 8.07. The molecule has 0 aliphatic rings. The fourth-order valence-corrected chi connectivity index (χ4v) is 4.18. The molecule has 0 radical (unpaired) electrons. The summed E-state index contributed by atoms with van der Waals surface area (Å²) in [6.07, 6.45) is 2.09. The number of aliphatic hydroxyl groups excluding tert-OH is 1. The van der Waals surface area contributed by atoms with Crippen LogP contribution in [0.2, 0.25) is 0 Å². The largest absolute Gasteiger partial charge is 0.386 e. The maximum atomic E-state index is 12.9. The second-order valence-corrected chi connectivity index (χ2v) is 7.79. The lowest BCUT2D eigenvalue weighted by Crippen LogP contribution is -2.27. The number of alkyl halides is 1. The minimum Gasteiger partial charge on any atom is -0.386 e. The molecule has 0 amide bonds. The van der Waals surface area contributed by atoms with Crippen LogP contribution in [0.1, 0.15) is 24.5 Å². The molecule has 0 aliphatic heterocycles. The Labute approximate surface area is 151 Å². The molecular formula is C20H23ClO2S. The van der Waals surface area contributed by atoms with Gasteiger partial charge in [0, 0.05) is 9.80 Å². The minimum atomic E-state index is -1.41. The van der Waals surface area contributed by atoms with Gasteiger partial charge >= 0.3 is 0 Å². The molecule has 0 fully saturated rings. The van der Waals surface area contributed by atoms with Gasteiger partial charge in [-0.1, -0.05) is 61.0 Å². The number of halogens is 1. The van der Waals surface area contributed by atoms with Crippen LogP contribution < -0.4 is 0 Å². The third kappa shape index (κ3) is 5.04. The maximum absolute atomic E-state index is 12.9. The van der Waals surface area contributed by atoms with Crippen LogP contribution in [0.5, 0.6) is 0 Å². The number of aryl methyl sites for hydroxylation is 1. The van der Waals surface area contributed by atoms with Crippen molar-refractivity contribution in [2.45, 2.75) is 43.1 Å². The normalized spacial score (nSPS) is 15.8. The molecule has 2 rings (SSSR count). The lowest BCUT2D eigenvalue weighted by molar-refractivity contribution is 0.212. The van der Waals surface area contributed by atoms with E-state index in [2.05, 4.69) is 0 Å². The van der Waals surface area contributed by atoms with Gasteiger partial charge in [0.1, 0.15) is 6.10 Å². The first kappa shape index (κ1) is 18.9. The second kappa shape index (κ2) is 9.16. The van der Waals surface area contributed by atoms with Crippen molar-refractivity contribution in [3.05, 3.63) is 76.7 Å². The standard InChI is InChI=1S/C20H23ClO2S/c1-3-7-19(24(23)17-12-10-15(2)11-13-17)20(22)18(21)14-16-8-5-4-6-9-16/h4-13,18,20,22H,3,14H2,1-2H3/b19-7+/t18-,20-,24?/m0/s1. The fourth-order valence-electron chi connectivity index (χ4n) is 2.43. The fraction of sp³-hybridized carbons (Fsp3) is 0.300. The zero-order chi connectivity index (χ0) is 17.5. The van der Waals surface area contributed by atoms with Gasteiger partial charge in [-0.15, -0.1) is 11.6 Å². The summed E-state index contributed by atoms with van der Waals surface area (Å²) in [7, 11) is -1.41. The highest BCUT2D eigenvalue weighted by atomic mass is 35.5. The summed E-state index contributed by atoms with van der Waals surface area (Å²) < 4.78 is 12.9. The highest BCUT2D eigenvalue weighted by Crippen LogP contribution is 2.24. The predicted molar refractivity (Wildman–Crippen MR) is 102 cm³/mol. The van der Waals surface area contributed by atoms with Gasteiger partial charge in [-0.25, -0.2) is 4.21 Å². The Morgan fingerprint density at radius 1 is 1.17 bits per heavy atom. The van der Waals surface area contributed by atoms with E-state index in [0.29, 0.717) is 22.6 Å². The number of aliphatic hydroxyl groups is 1. The van der Waals surface area contributed by atoms with Gasteiger partial charge in [0.15, 0.2) is 0 Å². The number of allylic oxidation sites excluding steroid dienone is 1. The molecule has 128 valence electrons. The molecule has 1 unspecified atom stereocenters. The van der Waals surface area contributed by atoms with Gasteiger partial charge in [0.2, 0.25) is 0 Å². The molecule has 2 nitrogen and oxygen atoms in total. The van der Waals surface area contributed by atoms with E-state index in [1.54, 1.807) is 0 Å². The minimum absolute atomic E-state index is 0.484. The number of hydrogen-bond donors (Lipinski definition) is 1. The summed E-state index contributed by atoms with van der Waals surface area (Å²) in [6, 6.07) is 17.3. The number of benzene rings is 2. The summed E-state index contributed by atoms with van der Waals surface area (Å²) in [6.45, 7) is 3.94. The molecule has 2 aromatic rings. The van der Waals surface area contributed by atoms with Gasteiger partial charge in [-0.2, -0.15) is 0 Å². The van der Waals surface area contributed by atoms with Gasteiger partial charge in [-0.05, 0) is 37.5 Å². The van der Waals surface area contributed by atoms with Crippen LogP contribution in [0, 0.1) is 6.92 Å². The molecule has 0 aliphatic carbocycles. The quantitative estimate of drug-likeness (QED) is 0.730. The monoisotopic (exact) mass is 362 g/mol. The van der Waals surface area contributed by atoms with Gasteiger partial charge in [0.25, 0.3) is 0 Å². The van der Waals surface area contributed by atoms with E-state index < -0.39 is 22.3 Å². The van der Waals surface area contributed by atoms with E-state index in [1.165, 1.54) is 0 Å². The molecule has 3 atom stereocenters. The Kier molecular flexibility index (Phi) is 7.22. The van der Waals surface area contributed by atoms with E-state index in [1.807, 2.05) is 74.5 Å². The zero-order valence-corrected chi connectivity index (χ0v) is 15.6. The average Bonchev–Trinajstić information content (AvgIpc) is 2.60. The predicted octanol–water partition coefficient (Wildman–Crippen LogP) is 4.61. The maximum Gasteiger partial charge on any atom is 0.104 e.